The molecule has 1 spiro atoms. The van der Waals surface area contributed by atoms with E-state index < -0.39 is 0 Å². The molecule has 5 atom stereocenters. The van der Waals surface area contributed by atoms with Gasteiger partial charge in [0.25, 0.3) is 0 Å². The molecule has 2 bridgehead atoms. The van der Waals surface area contributed by atoms with E-state index in [0.717, 1.165) is 12.0 Å². The number of rotatable bonds is 0. The molecule has 0 amide bonds. The van der Waals surface area contributed by atoms with Crippen molar-refractivity contribution >= 4 is 5.69 Å². The molecule has 1 saturated carbocycles. The molecule has 3 aliphatic heterocycles. The quantitative estimate of drug-likeness (QED) is 0.505. The second kappa shape index (κ2) is 3.73. The van der Waals surface area contributed by atoms with E-state index in [1.54, 1.807) is 11.1 Å². The first-order valence-electron chi connectivity index (χ1n) is 8.47. The Labute approximate surface area is 127 Å². The number of quaternary nitrogens is 1. The predicted octanol–water partition coefficient (Wildman–Crippen LogP) is 3.90. The number of piperidine rings is 1. The summed E-state index contributed by atoms with van der Waals surface area (Å²) in [5.41, 5.74) is 4.94. The zero-order valence-corrected chi connectivity index (χ0v) is 13.0. The van der Waals surface area contributed by atoms with E-state index in [1.165, 1.54) is 42.5 Å². The molecule has 3 fully saturated rings. The van der Waals surface area contributed by atoms with Crippen LogP contribution in [0.4, 0.5) is 5.69 Å². The predicted molar refractivity (Wildman–Crippen MR) is 85.7 cm³/mol. The fraction of sp³-hybridized carbons (Fsp3) is 0.579. The molecule has 1 aliphatic carbocycles. The molecular weight excluding hydrogens is 256 g/mol. The number of nitrogens with zero attached hydrogens (tertiary/aromatic N) is 2. The molecule has 2 heteroatoms. The third-order valence-corrected chi connectivity index (χ3v) is 7.13. The Bertz CT molecular complexity index is 649. The van der Waals surface area contributed by atoms with E-state index in [2.05, 4.69) is 44.3 Å². The third-order valence-electron chi connectivity index (χ3n) is 7.13. The highest BCUT2D eigenvalue weighted by Crippen LogP contribution is 2.64. The van der Waals surface area contributed by atoms with Crippen molar-refractivity contribution in [3.05, 3.63) is 46.8 Å². The van der Waals surface area contributed by atoms with Gasteiger partial charge in [-0.25, -0.2) is 0 Å². The van der Waals surface area contributed by atoms with Crippen LogP contribution in [-0.4, -0.2) is 36.7 Å². The average molecular weight is 280 g/mol. The van der Waals surface area contributed by atoms with E-state index in [0.29, 0.717) is 11.5 Å². The number of allylic oxidation sites excluding steroid dienone is 1. The van der Waals surface area contributed by atoms with Gasteiger partial charge in [0.1, 0.15) is 6.54 Å². The van der Waals surface area contributed by atoms with Crippen molar-refractivity contribution < 1.29 is 4.48 Å². The van der Waals surface area contributed by atoms with Crippen molar-refractivity contribution in [3.8, 4) is 0 Å². The van der Waals surface area contributed by atoms with Crippen LogP contribution < -0.4 is 0 Å². The molecule has 5 rings (SSSR count). The van der Waals surface area contributed by atoms with E-state index in [1.807, 2.05) is 0 Å². The first-order chi connectivity index (χ1) is 10.2. The van der Waals surface area contributed by atoms with Gasteiger partial charge in [-0.2, -0.15) is 0 Å². The number of fused-ring (bicyclic) bond motifs is 2. The highest BCUT2D eigenvalue weighted by Gasteiger charge is 2.64. The summed E-state index contributed by atoms with van der Waals surface area (Å²) < 4.78 is 1.26. The van der Waals surface area contributed by atoms with Gasteiger partial charge in [0, 0.05) is 18.3 Å². The van der Waals surface area contributed by atoms with Gasteiger partial charge in [0.15, 0.2) is 0 Å². The molecule has 110 valence electrons. The van der Waals surface area contributed by atoms with Crippen LogP contribution in [-0.2, 0) is 5.41 Å². The van der Waals surface area contributed by atoms with Crippen LogP contribution in [0.2, 0.25) is 0 Å². The molecule has 0 N–H and O–H groups in total. The lowest BCUT2D eigenvalue weighted by atomic mass is 9.59. The standard InChI is InChI=1S/C19H24N2/c1-3-13-12-21(2)9-8-19-15-6-4-5-7-16(15)20-17(19)10-14(13)11-18(19)21/h3-7,14,17-18H,8-12H2,1-2H3/b13-3-. The molecule has 3 heterocycles. The first kappa shape index (κ1) is 12.3. The van der Waals surface area contributed by atoms with Crippen LogP contribution in [0.1, 0.15) is 31.7 Å². The molecule has 0 aromatic heterocycles. The van der Waals surface area contributed by atoms with Crippen LogP contribution in [0.3, 0.4) is 0 Å². The molecule has 1 aromatic carbocycles. The van der Waals surface area contributed by atoms with Crippen molar-refractivity contribution in [2.24, 2.45) is 5.92 Å². The van der Waals surface area contributed by atoms with Crippen LogP contribution in [0.15, 0.2) is 35.9 Å². The minimum Gasteiger partial charge on any atom is -0.681 e. The fourth-order valence-corrected chi connectivity index (χ4v) is 6.19. The minimum atomic E-state index is 0.362. The Morgan fingerprint density at radius 2 is 2.14 bits per heavy atom. The smallest absolute Gasteiger partial charge is 0.101 e. The summed E-state index contributed by atoms with van der Waals surface area (Å²) in [6.45, 7) is 4.85. The Morgan fingerprint density at radius 1 is 1.29 bits per heavy atom. The SMILES string of the molecule is C/C=C1/C[N+]2(C)CCC34c5ccccc5[N-]C3CC1CC42. The maximum Gasteiger partial charge on any atom is 0.101 e. The maximum absolute atomic E-state index is 5.19. The largest absolute Gasteiger partial charge is 0.681 e. The normalized spacial score (nSPS) is 47.9. The molecule has 2 saturated heterocycles. The van der Waals surface area contributed by atoms with E-state index in [9.17, 15) is 0 Å². The van der Waals surface area contributed by atoms with Gasteiger partial charge in [-0.05, 0) is 18.4 Å². The zero-order chi connectivity index (χ0) is 14.2. The van der Waals surface area contributed by atoms with Crippen molar-refractivity contribution in [2.75, 3.05) is 20.1 Å². The lowest BCUT2D eigenvalue weighted by Crippen LogP contribution is -2.63. The second-order valence-electron chi connectivity index (χ2n) is 7.86. The topological polar surface area (TPSA) is 14.1 Å². The maximum atomic E-state index is 5.19. The molecule has 1 aromatic rings. The Morgan fingerprint density at radius 3 is 3.00 bits per heavy atom. The highest BCUT2D eigenvalue weighted by molar-refractivity contribution is 5.68. The molecule has 21 heavy (non-hydrogen) atoms. The second-order valence-corrected chi connectivity index (χ2v) is 7.86. The number of hydrogen-bond acceptors (Lipinski definition) is 0. The van der Waals surface area contributed by atoms with Gasteiger partial charge < -0.3 is 9.80 Å². The van der Waals surface area contributed by atoms with Crippen LogP contribution in [0.25, 0.3) is 5.32 Å². The average Bonchev–Trinajstić information content (AvgIpc) is 3.00. The van der Waals surface area contributed by atoms with Crippen LogP contribution in [0, 0.1) is 5.92 Å². The number of para-hydroxylation sites is 1. The number of benzene rings is 1. The lowest BCUT2D eigenvalue weighted by molar-refractivity contribution is -0.924. The Balaban J connectivity index is 1.71. The summed E-state index contributed by atoms with van der Waals surface area (Å²) in [6.07, 6.45) is 6.41. The van der Waals surface area contributed by atoms with E-state index in [-0.39, 0.29) is 0 Å². The summed E-state index contributed by atoms with van der Waals surface area (Å²) in [4.78, 5) is 0. The summed E-state index contributed by atoms with van der Waals surface area (Å²) in [7, 11) is 2.50. The summed E-state index contributed by atoms with van der Waals surface area (Å²) in [5.74, 6) is 0.792. The van der Waals surface area contributed by atoms with Crippen molar-refractivity contribution in [1.29, 1.82) is 0 Å². The zero-order valence-electron chi connectivity index (χ0n) is 13.0. The lowest BCUT2D eigenvalue weighted by Gasteiger charge is -2.56. The van der Waals surface area contributed by atoms with Gasteiger partial charge in [-0.1, -0.05) is 42.3 Å². The van der Waals surface area contributed by atoms with E-state index >= 15 is 0 Å². The van der Waals surface area contributed by atoms with Gasteiger partial charge in [-0.15, -0.1) is 11.7 Å². The van der Waals surface area contributed by atoms with Crippen LogP contribution >= 0.6 is 0 Å². The highest BCUT2D eigenvalue weighted by atomic mass is 15.4. The number of hydrogen-bond donors (Lipinski definition) is 0. The first-order valence-corrected chi connectivity index (χ1v) is 8.47. The monoisotopic (exact) mass is 280 g/mol. The third kappa shape index (κ3) is 1.29. The van der Waals surface area contributed by atoms with Gasteiger partial charge in [-0.3, -0.25) is 0 Å². The van der Waals surface area contributed by atoms with Gasteiger partial charge in [0.2, 0.25) is 0 Å². The molecular formula is C19H24N2. The Kier molecular flexibility index (Phi) is 2.18. The molecule has 2 nitrogen and oxygen atoms in total. The van der Waals surface area contributed by atoms with Crippen molar-refractivity contribution in [2.45, 2.75) is 43.7 Å². The van der Waals surface area contributed by atoms with Crippen molar-refractivity contribution in [3.63, 3.8) is 0 Å². The van der Waals surface area contributed by atoms with Crippen molar-refractivity contribution in [1.82, 2.24) is 0 Å². The van der Waals surface area contributed by atoms with Gasteiger partial charge in [0.05, 0.1) is 19.6 Å². The minimum absolute atomic E-state index is 0.362. The van der Waals surface area contributed by atoms with Crippen LogP contribution in [0.5, 0.6) is 0 Å². The van der Waals surface area contributed by atoms with E-state index in [4.69, 9.17) is 5.32 Å². The summed E-state index contributed by atoms with van der Waals surface area (Å²) in [6, 6.07) is 10.3. The summed E-state index contributed by atoms with van der Waals surface area (Å²) >= 11 is 0. The molecule has 5 unspecified atom stereocenters. The fourth-order valence-electron chi connectivity index (χ4n) is 6.19. The Hall–Kier alpha value is -1.28. The molecule has 0 radical (unpaired) electrons. The van der Waals surface area contributed by atoms with Gasteiger partial charge >= 0.3 is 0 Å². The summed E-state index contributed by atoms with van der Waals surface area (Å²) in [5, 5.41) is 5.19. The number of likely N-dealkylation sites (N-methyl/N-ethyl adjacent to an activating group) is 1. The molecule has 4 aliphatic rings.